The topological polar surface area (TPSA) is 327 Å². The van der Waals surface area contributed by atoms with Gasteiger partial charge in [0.15, 0.2) is 23.2 Å². The number of fused-ring (bicyclic) bond motifs is 1. The average Bonchev–Trinajstić information content (AvgIpc) is 3.18. The SMILES string of the molecule is COc1cc(-c2cc(=O)c3c(O)cc(O[C@@H]4O[C@H](CO[C@@H]5O[C@@H](C)[C@H](O)[C@H](O)[C@@H]5O)[C@@H](O)[C@H](O)[C@H]4O)cc3o2)cc(OC)c1O[C@@H]1O[C@H](CO)[C@@H](O)[C@H](O)[C@H]1O. The van der Waals surface area contributed by atoms with Gasteiger partial charge in [-0.25, -0.2) is 0 Å². The smallest absolute Gasteiger partial charge is 0.229 e. The Kier molecular flexibility index (Phi) is 12.6. The minimum atomic E-state index is -1.85. The second-order valence-electron chi connectivity index (χ2n) is 13.5. The predicted octanol–water partition coefficient (Wildman–Crippen LogP) is -3.61. The minimum absolute atomic E-state index is 0.0328. The van der Waals surface area contributed by atoms with E-state index in [1.807, 2.05) is 0 Å². The van der Waals surface area contributed by atoms with Crippen molar-refractivity contribution in [2.75, 3.05) is 27.4 Å². The Bertz CT molecular complexity index is 1860. The molecule has 310 valence electrons. The molecule has 56 heavy (non-hydrogen) atoms. The van der Waals surface area contributed by atoms with Gasteiger partial charge in [-0.15, -0.1) is 0 Å². The van der Waals surface area contributed by atoms with Crippen molar-refractivity contribution in [1.29, 1.82) is 0 Å². The molecule has 0 radical (unpaired) electrons. The molecule has 15 atom stereocenters. The predicted molar refractivity (Wildman–Crippen MR) is 183 cm³/mol. The summed E-state index contributed by atoms with van der Waals surface area (Å²) in [6.07, 6.45) is -23.6. The van der Waals surface area contributed by atoms with E-state index in [1.54, 1.807) is 0 Å². The second-order valence-corrected chi connectivity index (χ2v) is 13.5. The third-order valence-electron chi connectivity index (χ3n) is 9.76. The number of benzene rings is 2. The van der Waals surface area contributed by atoms with Gasteiger partial charge in [-0.3, -0.25) is 4.79 Å². The number of hydrogen-bond donors (Lipinski definition) is 11. The van der Waals surface area contributed by atoms with Crippen LogP contribution in [0, 0.1) is 0 Å². The minimum Gasteiger partial charge on any atom is -0.507 e. The van der Waals surface area contributed by atoms with Crippen molar-refractivity contribution in [3.05, 3.63) is 40.6 Å². The number of phenols is 1. The van der Waals surface area contributed by atoms with Crippen LogP contribution in [0.1, 0.15) is 6.92 Å². The first kappa shape index (κ1) is 41.7. The number of aliphatic hydroxyl groups is 10. The van der Waals surface area contributed by atoms with Gasteiger partial charge in [0.2, 0.25) is 18.3 Å². The maximum Gasteiger partial charge on any atom is 0.229 e. The van der Waals surface area contributed by atoms with E-state index in [2.05, 4.69) is 0 Å². The first-order valence-corrected chi connectivity index (χ1v) is 17.3. The van der Waals surface area contributed by atoms with Crippen LogP contribution in [0.3, 0.4) is 0 Å². The molecule has 0 aliphatic carbocycles. The summed E-state index contributed by atoms with van der Waals surface area (Å²) in [5.41, 5.74) is -0.737. The Morgan fingerprint density at radius 2 is 1.20 bits per heavy atom. The molecule has 0 spiro atoms. The van der Waals surface area contributed by atoms with E-state index < -0.39 is 117 Å². The van der Waals surface area contributed by atoms with Crippen LogP contribution in [0.25, 0.3) is 22.3 Å². The van der Waals surface area contributed by atoms with Gasteiger partial charge in [-0.2, -0.15) is 0 Å². The van der Waals surface area contributed by atoms with Crippen molar-refractivity contribution in [2.45, 2.75) is 99.0 Å². The van der Waals surface area contributed by atoms with E-state index in [0.717, 1.165) is 12.1 Å². The van der Waals surface area contributed by atoms with Gasteiger partial charge in [-0.1, -0.05) is 0 Å². The van der Waals surface area contributed by atoms with Crippen LogP contribution < -0.4 is 24.4 Å². The molecule has 0 amide bonds. The zero-order valence-corrected chi connectivity index (χ0v) is 30.0. The van der Waals surface area contributed by atoms with E-state index in [-0.39, 0.29) is 45.3 Å². The highest BCUT2D eigenvalue weighted by Gasteiger charge is 2.48. The Hall–Kier alpha value is -3.91. The van der Waals surface area contributed by atoms with Gasteiger partial charge < -0.3 is 98.5 Å². The summed E-state index contributed by atoms with van der Waals surface area (Å²) in [6.45, 7) is 0.186. The molecule has 6 rings (SSSR count). The lowest BCUT2D eigenvalue weighted by atomic mass is 9.98. The number of ether oxygens (including phenoxy) is 8. The maximum atomic E-state index is 13.3. The lowest BCUT2D eigenvalue weighted by Gasteiger charge is -2.42. The molecule has 3 aliphatic rings. The van der Waals surface area contributed by atoms with Gasteiger partial charge in [0.05, 0.1) is 33.5 Å². The highest BCUT2D eigenvalue weighted by Crippen LogP contribution is 2.44. The summed E-state index contributed by atoms with van der Waals surface area (Å²) < 4.78 is 50.4. The molecule has 0 bridgehead atoms. The maximum absolute atomic E-state index is 13.3. The molecular weight excluding hydrogens is 756 g/mol. The summed E-state index contributed by atoms with van der Waals surface area (Å²) in [4.78, 5) is 13.3. The first-order chi connectivity index (χ1) is 26.6. The molecule has 2 aromatic carbocycles. The quantitative estimate of drug-likeness (QED) is 0.0892. The number of phenolic OH excluding ortho intramolecular Hbond substituents is 1. The number of aliphatic hydroxyl groups excluding tert-OH is 10. The molecule has 3 aromatic rings. The van der Waals surface area contributed by atoms with Crippen LogP contribution in [-0.2, 0) is 18.9 Å². The van der Waals surface area contributed by atoms with Crippen molar-refractivity contribution in [1.82, 2.24) is 0 Å². The molecular formula is C35H44O21. The van der Waals surface area contributed by atoms with E-state index >= 15 is 0 Å². The summed E-state index contributed by atoms with van der Waals surface area (Å²) in [5.74, 6) is -1.10. The molecule has 3 aliphatic heterocycles. The van der Waals surface area contributed by atoms with Gasteiger partial charge in [-0.05, 0) is 19.1 Å². The molecule has 3 saturated heterocycles. The van der Waals surface area contributed by atoms with Crippen molar-refractivity contribution in [3.63, 3.8) is 0 Å². The highest BCUT2D eigenvalue weighted by molar-refractivity contribution is 5.86. The van der Waals surface area contributed by atoms with Crippen LogP contribution in [0.4, 0.5) is 0 Å². The summed E-state index contributed by atoms with van der Waals surface area (Å²) in [7, 11) is 2.54. The van der Waals surface area contributed by atoms with Crippen LogP contribution in [0.5, 0.6) is 28.7 Å². The van der Waals surface area contributed by atoms with Crippen LogP contribution in [0.15, 0.2) is 39.5 Å². The molecule has 21 nitrogen and oxygen atoms in total. The van der Waals surface area contributed by atoms with Crippen molar-refractivity contribution in [3.8, 4) is 40.1 Å². The van der Waals surface area contributed by atoms with Gasteiger partial charge in [0.1, 0.15) is 95.4 Å². The van der Waals surface area contributed by atoms with Gasteiger partial charge in [0, 0.05) is 23.8 Å². The van der Waals surface area contributed by atoms with Crippen molar-refractivity contribution < 1.29 is 98.5 Å². The van der Waals surface area contributed by atoms with E-state index in [4.69, 9.17) is 42.3 Å². The normalized spacial score (nSPS) is 36.3. The lowest BCUT2D eigenvalue weighted by molar-refractivity contribution is -0.318. The average molecular weight is 801 g/mol. The molecule has 0 unspecified atom stereocenters. The molecule has 21 heteroatoms. The summed E-state index contributed by atoms with van der Waals surface area (Å²) in [5, 5.41) is 113. The van der Waals surface area contributed by atoms with Crippen molar-refractivity contribution in [2.24, 2.45) is 0 Å². The fourth-order valence-electron chi connectivity index (χ4n) is 6.50. The van der Waals surface area contributed by atoms with E-state index in [1.165, 1.54) is 39.3 Å². The number of methoxy groups -OCH3 is 2. The Balaban J connectivity index is 1.25. The Morgan fingerprint density at radius 3 is 1.80 bits per heavy atom. The molecule has 0 saturated carbocycles. The first-order valence-electron chi connectivity index (χ1n) is 17.3. The largest absolute Gasteiger partial charge is 0.507 e. The zero-order chi connectivity index (χ0) is 40.7. The lowest BCUT2D eigenvalue weighted by Crippen LogP contribution is -2.61. The van der Waals surface area contributed by atoms with Crippen molar-refractivity contribution >= 4 is 11.0 Å². The van der Waals surface area contributed by atoms with E-state index in [9.17, 15) is 61.0 Å². The standard InChI is InChI=1S/C35H44O21/c1-11-23(39)26(42)29(45)33(51-11)50-10-21-25(41)28(44)30(46)34(55-21)52-13-6-14(37)22-15(38)8-16(53-17(22)7-13)12-4-18(48-2)32(19(5-12)49-3)56-35-31(47)27(43)24(40)20(9-36)54-35/h4-8,11,20-21,23-31,33-37,39-47H,9-10H2,1-3H3/t11-,20+,21+,23-,24+,25+,26-,27-,28-,29-,30+,31+,33+,34+,35-/m0/s1. The molecule has 4 heterocycles. The molecule has 11 N–H and O–H groups in total. The Morgan fingerprint density at radius 1 is 0.643 bits per heavy atom. The van der Waals surface area contributed by atoms with Crippen LogP contribution in [-0.4, -0.2) is 176 Å². The Labute approximate surface area is 316 Å². The fraction of sp³-hybridized carbons (Fsp3) is 0.571. The molecule has 1 aromatic heterocycles. The van der Waals surface area contributed by atoms with Gasteiger partial charge in [0.25, 0.3) is 0 Å². The zero-order valence-electron chi connectivity index (χ0n) is 30.0. The summed E-state index contributed by atoms with van der Waals surface area (Å²) in [6, 6.07) is 6.01. The highest BCUT2D eigenvalue weighted by atomic mass is 16.7. The number of aromatic hydroxyl groups is 1. The fourth-order valence-corrected chi connectivity index (χ4v) is 6.50. The number of hydrogen-bond acceptors (Lipinski definition) is 21. The second kappa shape index (κ2) is 16.9. The van der Waals surface area contributed by atoms with Crippen LogP contribution in [0.2, 0.25) is 0 Å². The third kappa shape index (κ3) is 7.97. The molecule has 3 fully saturated rings. The third-order valence-corrected chi connectivity index (χ3v) is 9.76. The monoisotopic (exact) mass is 800 g/mol. The summed E-state index contributed by atoms with van der Waals surface area (Å²) >= 11 is 0. The number of rotatable bonds is 11. The van der Waals surface area contributed by atoms with Crippen LogP contribution >= 0.6 is 0 Å². The van der Waals surface area contributed by atoms with Gasteiger partial charge >= 0.3 is 0 Å². The van der Waals surface area contributed by atoms with E-state index in [0.29, 0.717) is 0 Å².